The van der Waals surface area contributed by atoms with Gasteiger partial charge in [0, 0.05) is 41.3 Å². The van der Waals surface area contributed by atoms with E-state index in [-0.39, 0.29) is 34.8 Å². The smallest absolute Gasteiger partial charge is 0.228 e. The van der Waals surface area contributed by atoms with Gasteiger partial charge < -0.3 is 16.0 Å². The van der Waals surface area contributed by atoms with Gasteiger partial charge in [0.15, 0.2) is 9.84 Å². The van der Waals surface area contributed by atoms with Crippen molar-refractivity contribution in [2.24, 2.45) is 5.92 Å². The van der Waals surface area contributed by atoms with Crippen LogP contribution in [0.3, 0.4) is 0 Å². The summed E-state index contributed by atoms with van der Waals surface area (Å²) >= 11 is 1.50. The van der Waals surface area contributed by atoms with Crippen LogP contribution in [0.1, 0.15) is 20.3 Å². The largest absolute Gasteiger partial charge is 0.326 e. The first-order valence-corrected chi connectivity index (χ1v) is 12.3. The number of hydrogen-bond donors (Lipinski definition) is 3. The molecule has 3 amide bonds. The normalized spacial score (nSPS) is 15.9. The molecule has 0 aromatic heterocycles. The van der Waals surface area contributed by atoms with Gasteiger partial charge in [-0.3, -0.25) is 14.4 Å². The van der Waals surface area contributed by atoms with E-state index in [9.17, 15) is 22.8 Å². The Balaban J connectivity index is 1.62. The Bertz CT molecular complexity index is 1110. The lowest BCUT2D eigenvalue weighted by atomic mass is 10.2. The Morgan fingerprint density at radius 2 is 1.74 bits per heavy atom. The van der Waals surface area contributed by atoms with Crippen molar-refractivity contribution in [2.75, 3.05) is 27.5 Å². The highest BCUT2D eigenvalue weighted by Gasteiger charge is 2.23. The minimum absolute atomic E-state index is 0.0640. The second kappa shape index (κ2) is 9.52. The number of nitrogens with one attached hydrogen (secondary N) is 3. The SMILES string of the molecule is CC(=O)Nc1ccc(NC(=O)CCS(=O)(=O)c2ccc3c(c2)NC(=O)[C@H](C)CS3)cc1. The molecule has 8 nitrogen and oxygen atoms in total. The van der Waals surface area contributed by atoms with Crippen molar-refractivity contribution >= 4 is 56.4 Å². The van der Waals surface area contributed by atoms with Gasteiger partial charge in [0.1, 0.15) is 0 Å². The molecule has 3 rings (SSSR count). The van der Waals surface area contributed by atoms with E-state index in [1.54, 1.807) is 30.3 Å². The summed E-state index contributed by atoms with van der Waals surface area (Å²) in [5, 5.41) is 8.03. The second-order valence-electron chi connectivity index (χ2n) is 7.23. The van der Waals surface area contributed by atoms with Crippen molar-refractivity contribution in [3.8, 4) is 0 Å². The molecule has 0 bridgehead atoms. The molecule has 10 heteroatoms. The van der Waals surface area contributed by atoms with Crippen molar-refractivity contribution in [1.82, 2.24) is 0 Å². The quantitative estimate of drug-likeness (QED) is 0.608. The van der Waals surface area contributed by atoms with Gasteiger partial charge in [-0.2, -0.15) is 0 Å². The highest BCUT2D eigenvalue weighted by atomic mass is 32.2. The number of fused-ring (bicyclic) bond motifs is 1. The van der Waals surface area contributed by atoms with Gasteiger partial charge >= 0.3 is 0 Å². The summed E-state index contributed by atoms with van der Waals surface area (Å²) in [4.78, 5) is 36.2. The van der Waals surface area contributed by atoms with Gasteiger partial charge in [0.25, 0.3) is 0 Å². The Morgan fingerprint density at radius 1 is 1.10 bits per heavy atom. The summed E-state index contributed by atoms with van der Waals surface area (Å²) in [5.74, 6) is -0.704. The van der Waals surface area contributed by atoms with Gasteiger partial charge in [0.2, 0.25) is 17.7 Å². The summed E-state index contributed by atoms with van der Waals surface area (Å²) < 4.78 is 25.4. The van der Waals surface area contributed by atoms with Crippen molar-refractivity contribution in [3.05, 3.63) is 42.5 Å². The Hall–Kier alpha value is -2.85. The van der Waals surface area contributed by atoms with Gasteiger partial charge in [-0.1, -0.05) is 6.92 Å². The van der Waals surface area contributed by atoms with E-state index in [0.717, 1.165) is 4.90 Å². The van der Waals surface area contributed by atoms with E-state index in [0.29, 0.717) is 22.8 Å². The summed E-state index contributed by atoms with van der Waals surface area (Å²) in [6.07, 6.45) is -0.217. The maximum Gasteiger partial charge on any atom is 0.228 e. The van der Waals surface area contributed by atoms with Crippen LogP contribution in [0.4, 0.5) is 17.1 Å². The fourth-order valence-corrected chi connectivity index (χ4v) is 5.15. The number of amides is 3. The summed E-state index contributed by atoms with van der Waals surface area (Å²) in [7, 11) is -3.71. The van der Waals surface area contributed by atoms with Crippen LogP contribution in [-0.2, 0) is 24.2 Å². The first-order valence-electron chi connectivity index (χ1n) is 9.62. The predicted molar refractivity (Wildman–Crippen MR) is 121 cm³/mol. The van der Waals surface area contributed by atoms with E-state index in [1.165, 1.54) is 30.8 Å². The highest BCUT2D eigenvalue weighted by Crippen LogP contribution is 2.34. The fourth-order valence-electron chi connectivity index (χ4n) is 2.88. The van der Waals surface area contributed by atoms with Gasteiger partial charge in [-0.05, 0) is 42.5 Å². The molecule has 2 aromatic carbocycles. The lowest BCUT2D eigenvalue weighted by Gasteiger charge is -2.10. The first kappa shape index (κ1) is 22.8. The van der Waals surface area contributed by atoms with Crippen molar-refractivity contribution < 1.29 is 22.8 Å². The van der Waals surface area contributed by atoms with Crippen LogP contribution < -0.4 is 16.0 Å². The van der Waals surface area contributed by atoms with Crippen LogP contribution in [0.5, 0.6) is 0 Å². The first-order chi connectivity index (χ1) is 14.6. The maximum atomic E-state index is 12.7. The number of carbonyl (C=O) groups excluding carboxylic acids is 3. The number of sulfone groups is 1. The van der Waals surface area contributed by atoms with E-state index in [4.69, 9.17) is 0 Å². The molecule has 0 fully saturated rings. The number of carbonyl (C=O) groups is 3. The van der Waals surface area contributed by atoms with E-state index in [1.807, 2.05) is 6.92 Å². The fraction of sp³-hybridized carbons (Fsp3) is 0.286. The third-order valence-corrected chi connectivity index (χ3v) is 7.64. The van der Waals surface area contributed by atoms with Crippen LogP contribution in [0, 0.1) is 5.92 Å². The molecule has 164 valence electrons. The number of anilines is 3. The Kier molecular flexibility index (Phi) is 7.01. The third-order valence-electron chi connectivity index (χ3n) is 4.59. The number of rotatable bonds is 6. The molecular formula is C21H23N3O5S2. The van der Waals surface area contributed by atoms with Crippen LogP contribution in [0.2, 0.25) is 0 Å². The van der Waals surface area contributed by atoms with Crippen molar-refractivity contribution in [2.45, 2.75) is 30.1 Å². The zero-order valence-corrected chi connectivity index (χ0v) is 18.7. The van der Waals surface area contributed by atoms with Crippen molar-refractivity contribution in [3.63, 3.8) is 0 Å². The summed E-state index contributed by atoms with van der Waals surface area (Å²) in [6, 6.07) is 11.1. The standard InChI is InChI=1S/C21H23N3O5S2/c1-13-12-30-19-8-7-17(11-18(19)24-21(13)27)31(28,29)10-9-20(26)23-16-5-3-15(4-6-16)22-14(2)25/h3-8,11,13H,9-10,12H2,1-2H3,(H,22,25)(H,23,26)(H,24,27)/t13-/m1/s1. The lowest BCUT2D eigenvalue weighted by molar-refractivity contribution is -0.119. The molecule has 31 heavy (non-hydrogen) atoms. The van der Waals surface area contributed by atoms with E-state index in [2.05, 4.69) is 16.0 Å². The van der Waals surface area contributed by atoms with Crippen LogP contribution in [0.25, 0.3) is 0 Å². The highest BCUT2D eigenvalue weighted by molar-refractivity contribution is 7.99. The molecule has 1 atom stereocenters. The number of hydrogen-bond acceptors (Lipinski definition) is 6. The molecule has 1 aliphatic heterocycles. The van der Waals surface area contributed by atoms with Crippen LogP contribution in [-0.4, -0.2) is 37.6 Å². The minimum atomic E-state index is -3.71. The van der Waals surface area contributed by atoms with Gasteiger partial charge in [0.05, 0.1) is 16.3 Å². The average Bonchev–Trinajstić information content (AvgIpc) is 2.85. The number of thioether (sulfide) groups is 1. The Labute approximate surface area is 185 Å². The molecule has 3 N–H and O–H groups in total. The van der Waals surface area contributed by atoms with Crippen LogP contribution >= 0.6 is 11.8 Å². The van der Waals surface area contributed by atoms with Gasteiger partial charge in [-0.15, -0.1) is 11.8 Å². The maximum absolute atomic E-state index is 12.7. The molecule has 2 aromatic rings. The third kappa shape index (κ3) is 6.08. The molecular weight excluding hydrogens is 438 g/mol. The summed E-state index contributed by atoms with van der Waals surface area (Å²) in [5.41, 5.74) is 1.57. The molecule has 0 unspecified atom stereocenters. The average molecular weight is 462 g/mol. The van der Waals surface area contributed by atoms with E-state index < -0.39 is 15.7 Å². The topological polar surface area (TPSA) is 121 Å². The molecule has 0 radical (unpaired) electrons. The number of benzene rings is 2. The lowest BCUT2D eigenvalue weighted by Crippen LogP contribution is -2.20. The molecule has 1 heterocycles. The molecule has 0 aliphatic carbocycles. The van der Waals surface area contributed by atoms with E-state index >= 15 is 0 Å². The predicted octanol–water partition coefficient (Wildman–Crippen LogP) is 3.13. The minimum Gasteiger partial charge on any atom is -0.326 e. The van der Waals surface area contributed by atoms with Gasteiger partial charge in [-0.25, -0.2) is 8.42 Å². The molecule has 1 aliphatic rings. The molecule has 0 spiro atoms. The zero-order valence-electron chi connectivity index (χ0n) is 17.1. The Morgan fingerprint density at radius 3 is 2.39 bits per heavy atom. The molecule has 0 saturated heterocycles. The molecule has 0 saturated carbocycles. The second-order valence-corrected chi connectivity index (χ2v) is 10.4. The zero-order chi connectivity index (χ0) is 22.6. The monoisotopic (exact) mass is 461 g/mol. The van der Waals surface area contributed by atoms with Crippen molar-refractivity contribution in [1.29, 1.82) is 0 Å². The van der Waals surface area contributed by atoms with Crippen LogP contribution in [0.15, 0.2) is 52.3 Å². The summed E-state index contributed by atoms with van der Waals surface area (Å²) in [6.45, 7) is 3.21.